The zero-order chi connectivity index (χ0) is 11.6. The third kappa shape index (κ3) is 5.33. The van der Waals surface area contributed by atoms with Crippen LogP contribution in [0.25, 0.3) is 0 Å². The maximum absolute atomic E-state index is 11.2. The van der Waals surface area contributed by atoms with E-state index in [1.807, 2.05) is 0 Å². The van der Waals surface area contributed by atoms with Crippen molar-refractivity contribution in [3.05, 3.63) is 30.3 Å². The first kappa shape index (κ1) is 12.5. The molecule has 1 amide bonds. The van der Waals surface area contributed by atoms with Crippen LogP contribution in [0.15, 0.2) is 24.3 Å². The van der Waals surface area contributed by atoms with Crippen LogP contribution >= 0.6 is 0 Å². The first-order valence-electron chi connectivity index (χ1n) is 4.93. The highest BCUT2D eigenvalue weighted by Gasteiger charge is 2.01. The van der Waals surface area contributed by atoms with E-state index in [0.29, 0.717) is 18.9 Å². The number of aliphatic hydroxyl groups excluding tert-OH is 1. The van der Waals surface area contributed by atoms with Gasteiger partial charge in [0.2, 0.25) is 0 Å². The number of carbonyl (C=O) groups excluding carboxylic acids is 1. The number of hydrogen-bond acceptors (Lipinski definition) is 4. The smallest absolute Gasteiger partial charge is 0.410 e. The average Bonchev–Trinajstić information content (AvgIpc) is 2.30. The number of ether oxygens (including phenoxy) is 2. The first-order valence-corrected chi connectivity index (χ1v) is 4.93. The van der Waals surface area contributed by atoms with Crippen molar-refractivity contribution in [3.63, 3.8) is 0 Å². The third-order valence-corrected chi connectivity index (χ3v) is 1.65. The van der Waals surface area contributed by atoms with Crippen LogP contribution in [0.5, 0.6) is 5.75 Å². The summed E-state index contributed by atoms with van der Waals surface area (Å²) < 4.78 is 9.90. The summed E-state index contributed by atoms with van der Waals surface area (Å²) in [5, 5.41) is 10.9. The van der Waals surface area contributed by atoms with Crippen LogP contribution in [0.3, 0.4) is 0 Å². The van der Waals surface area contributed by atoms with Gasteiger partial charge < -0.3 is 19.9 Å². The Hall–Kier alpha value is -1.59. The standard InChI is InChI=1S/C11H14NO4/c13-7-9-15-8-6-12-11(14)16-10-4-2-1-3-5-10/h2-5,13H,6-9H2,(H,12,14). The summed E-state index contributed by atoms with van der Waals surface area (Å²) in [7, 11) is 0. The SMILES string of the molecule is O=C(NCCOCCO)Oc1cc[c]cc1. The molecule has 0 spiro atoms. The van der Waals surface area contributed by atoms with Crippen molar-refractivity contribution in [1.29, 1.82) is 0 Å². The summed E-state index contributed by atoms with van der Waals surface area (Å²) in [6.45, 7) is 0.937. The van der Waals surface area contributed by atoms with Gasteiger partial charge in [0.25, 0.3) is 0 Å². The van der Waals surface area contributed by atoms with Gasteiger partial charge in [-0.15, -0.1) is 0 Å². The van der Waals surface area contributed by atoms with E-state index in [1.165, 1.54) is 0 Å². The summed E-state index contributed by atoms with van der Waals surface area (Å²) in [5.74, 6) is 0.465. The van der Waals surface area contributed by atoms with Gasteiger partial charge in [0.15, 0.2) is 0 Å². The fraction of sp³-hybridized carbons (Fsp3) is 0.364. The molecule has 1 rings (SSSR count). The summed E-state index contributed by atoms with van der Waals surface area (Å²) in [4.78, 5) is 11.2. The van der Waals surface area contributed by atoms with Crippen LogP contribution in [0.2, 0.25) is 0 Å². The van der Waals surface area contributed by atoms with Crippen LogP contribution in [-0.4, -0.2) is 37.6 Å². The van der Waals surface area contributed by atoms with E-state index >= 15 is 0 Å². The van der Waals surface area contributed by atoms with Gasteiger partial charge in [0.1, 0.15) is 5.75 Å². The molecule has 87 valence electrons. The van der Waals surface area contributed by atoms with E-state index in [9.17, 15) is 4.79 Å². The molecular weight excluding hydrogens is 210 g/mol. The Morgan fingerprint density at radius 2 is 2.12 bits per heavy atom. The molecule has 0 aliphatic carbocycles. The molecule has 0 bridgehead atoms. The molecule has 0 unspecified atom stereocenters. The highest BCUT2D eigenvalue weighted by atomic mass is 16.6. The second-order valence-corrected chi connectivity index (χ2v) is 2.89. The van der Waals surface area contributed by atoms with Crippen molar-refractivity contribution in [2.24, 2.45) is 0 Å². The lowest BCUT2D eigenvalue weighted by Gasteiger charge is -2.06. The van der Waals surface area contributed by atoms with Gasteiger partial charge in [-0.1, -0.05) is 12.1 Å². The first-order chi connectivity index (χ1) is 7.83. The van der Waals surface area contributed by atoms with Crippen molar-refractivity contribution in [1.82, 2.24) is 5.32 Å². The van der Waals surface area contributed by atoms with Crippen molar-refractivity contribution in [3.8, 4) is 5.75 Å². The molecule has 0 saturated carbocycles. The minimum Gasteiger partial charge on any atom is -0.410 e. The Morgan fingerprint density at radius 1 is 1.38 bits per heavy atom. The van der Waals surface area contributed by atoms with E-state index in [0.717, 1.165) is 0 Å². The van der Waals surface area contributed by atoms with Crippen molar-refractivity contribution in [2.75, 3.05) is 26.4 Å². The quantitative estimate of drug-likeness (QED) is 0.694. The minimum atomic E-state index is -0.529. The highest BCUT2D eigenvalue weighted by Crippen LogP contribution is 2.07. The highest BCUT2D eigenvalue weighted by molar-refractivity contribution is 5.70. The average molecular weight is 224 g/mol. The topological polar surface area (TPSA) is 67.8 Å². The summed E-state index contributed by atoms with van der Waals surface area (Å²) in [5.41, 5.74) is 0. The fourth-order valence-electron chi connectivity index (χ4n) is 0.975. The van der Waals surface area contributed by atoms with Crippen LogP contribution in [0.1, 0.15) is 0 Å². The minimum absolute atomic E-state index is 0.0229. The number of rotatable bonds is 6. The predicted molar refractivity (Wildman–Crippen MR) is 57.2 cm³/mol. The molecule has 0 saturated heterocycles. The van der Waals surface area contributed by atoms with E-state index < -0.39 is 6.09 Å². The fourth-order valence-corrected chi connectivity index (χ4v) is 0.975. The van der Waals surface area contributed by atoms with Gasteiger partial charge >= 0.3 is 6.09 Å². The molecule has 0 atom stereocenters. The molecule has 0 aliphatic heterocycles. The zero-order valence-electron chi connectivity index (χ0n) is 8.81. The summed E-state index contributed by atoms with van der Waals surface area (Å²) in [6, 6.07) is 9.42. The summed E-state index contributed by atoms with van der Waals surface area (Å²) in [6.07, 6.45) is -0.529. The van der Waals surface area contributed by atoms with Gasteiger partial charge in [-0.05, 0) is 18.2 Å². The number of hydrogen-bond donors (Lipinski definition) is 2. The van der Waals surface area contributed by atoms with Gasteiger partial charge in [0, 0.05) is 6.54 Å². The maximum Gasteiger partial charge on any atom is 0.412 e. The molecule has 16 heavy (non-hydrogen) atoms. The van der Waals surface area contributed by atoms with Gasteiger partial charge in [-0.25, -0.2) is 4.79 Å². The van der Waals surface area contributed by atoms with Gasteiger partial charge in [0.05, 0.1) is 19.8 Å². The normalized spacial score (nSPS) is 9.81. The molecule has 1 radical (unpaired) electrons. The molecule has 1 aromatic rings. The number of nitrogens with one attached hydrogen (secondary N) is 1. The van der Waals surface area contributed by atoms with E-state index in [1.54, 1.807) is 24.3 Å². The number of aliphatic hydroxyl groups is 1. The molecule has 0 aliphatic rings. The second-order valence-electron chi connectivity index (χ2n) is 2.89. The maximum atomic E-state index is 11.2. The Bertz CT molecular complexity index is 302. The van der Waals surface area contributed by atoms with Crippen LogP contribution < -0.4 is 10.1 Å². The van der Waals surface area contributed by atoms with E-state index in [4.69, 9.17) is 14.6 Å². The molecule has 0 heterocycles. The van der Waals surface area contributed by atoms with Gasteiger partial charge in [-0.3, -0.25) is 0 Å². The predicted octanol–water partition coefficient (Wildman–Crippen LogP) is 0.584. The van der Waals surface area contributed by atoms with Crippen LogP contribution in [-0.2, 0) is 4.74 Å². The Kier molecular flexibility index (Phi) is 5.98. The summed E-state index contributed by atoms with van der Waals surface area (Å²) >= 11 is 0. The second kappa shape index (κ2) is 7.67. The number of benzene rings is 1. The molecule has 5 nitrogen and oxygen atoms in total. The Balaban J connectivity index is 2.12. The molecule has 5 heteroatoms. The lowest BCUT2D eigenvalue weighted by atomic mass is 10.3. The third-order valence-electron chi connectivity index (χ3n) is 1.65. The van der Waals surface area contributed by atoms with Crippen molar-refractivity contribution < 1.29 is 19.4 Å². The Morgan fingerprint density at radius 3 is 2.81 bits per heavy atom. The molecule has 1 aromatic carbocycles. The zero-order valence-corrected chi connectivity index (χ0v) is 8.81. The Labute approximate surface area is 94.0 Å². The van der Waals surface area contributed by atoms with Crippen molar-refractivity contribution in [2.45, 2.75) is 0 Å². The molecule has 0 fully saturated rings. The van der Waals surface area contributed by atoms with Crippen molar-refractivity contribution >= 4 is 6.09 Å². The number of amides is 1. The monoisotopic (exact) mass is 224 g/mol. The lowest BCUT2D eigenvalue weighted by molar-refractivity contribution is 0.0935. The molecule has 0 aromatic heterocycles. The largest absolute Gasteiger partial charge is 0.412 e. The van der Waals surface area contributed by atoms with Gasteiger partial charge in [-0.2, -0.15) is 0 Å². The van der Waals surface area contributed by atoms with Crippen LogP contribution in [0.4, 0.5) is 4.79 Å². The number of carbonyl (C=O) groups is 1. The lowest BCUT2D eigenvalue weighted by Crippen LogP contribution is -2.30. The van der Waals surface area contributed by atoms with E-state index in [-0.39, 0.29) is 13.2 Å². The van der Waals surface area contributed by atoms with E-state index in [2.05, 4.69) is 11.4 Å². The van der Waals surface area contributed by atoms with Crippen LogP contribution in [0, 0.1) is 6.07 Å². The molecule has 2 N–H and O–H groups in total. The molecular formula is C11H14NO4.